The van der Waals surface area contributed by atoms with E-state index in [1.807, 2.05) is 24.3 Å². The molecule has 0 fully saturated rings. The lowest BCUT2D eigenvalue weighted by atomic mass is 9.70. The molecule has 0 N–H and O–H groups in total. The summed E-state index contributed by atoms with van der Waals surface area (Å²) in [5, 5.41) is 0.943. The van der Waals surface area contributed by atoms with E-state index in [9.17, 15) is 0 Å². The molecule has 8 aromatic carbocycles. The van der Waals surface area contributed by atoms with Gasteiger partial charge in [0.1, 0.15) is 5.00 Å². The summed E-state index contributed by atoms with van der Waals surface area (Å²) >= 11 is 1.70. The first kappa shape index (κ1) is 32.1. The van der Waals surface area contributed by atoms with Crippen LogP contribution in [0.15, 0.2) is 200 Å². The number of thiophene rings is 1. The molecule has 0 amide bonds. The molecule has 0 unspecified atom stereocenters. The number of hydrogen-bond acceptors (Lipinski definition) is 4. The molecule has 57 heavy (non-hydrogen) atoms. The van der Waals surface area contributed by atoms with Crippen LogP contribution in [-0.2, 0) is 5.41 Å². The van der Waals surface area contributed by atoms with Crippen LogP contribution < -0.4 is 14.4 Å². The fraction of sp³-hybridized carbons (Fsp3) is 0.0189. The van der Waals surface area contributed by atoms with Crippen LogP contribution in [0.3, 0.4) is 0 Å². The van der Waals surface area contributed by atoms with Gasteiger partial charge in [0, 0.05) is 11.3 Å². The number of fused-ring (bicyclic) bond motifs is 12. The third-order valence-corrected chi connectivity index (χ3v) is 13.0. The van der Waals surface area contributed by atoms with Crippen molar-refractivity contribution in [3.8, 4) is 66.8 Å². The first-order valence-corrected chi connectivity index (χ1v) is 20.2. The van der Waals surface area contributed by atoms with Crippen molar-refractivity contribution >= 4 is 27.7 Å². The van der Waals surface area contributed by atoms with E-state index >= 15 is 0 Å². The Bertz CT molecular complexity index is 2980. The molecule has 3 nitrogen and oxygen atoms in total. The molecule has 1 spiro atoms. The van der Waals surface area contributed by atoms with Crippen LogP contribution in [0.25, 0.3) is 43.8 Å². The van der Waals surface area contributed by atoms with Gasteiger partial charge in [0.2, 0.25) is 5.75 Å². The lowest BCUT2D eigenvalue weighted by Gasteiger charge is -2.32. The summed E-state index contributed by atoms with van der Waals surface area (Å²) in [7, 11) is 0. The number of nitrogens with zero attached hydrogens (tertiary/aromatic N) is 1. The zero-order chi connectivity index (χ0) is 37.5. The van der Waals surface area contributed by atoms with Gasteiger partial charge in [0.05, 0.1) is 16.0 Å². The molecular formula is C53H33NO2S. The van der Waals surface area contributed by atoms with Crippen molar-refractivity contribution in [2.24, 2.45) is 0 Å². The van der Waals surface area contributed by atoms with Crippen molar-refractivity contribution < 1.29 is 9.47 Å². The molecular weight excluding hydrogens is 715 g/mol. The molecule has 2 heterocycles. The summed E-state index contributed by atoms with van der Waals surface area (Å²) in [5.41, 5.74) is 15.3. The normalized spacial score (nSPS) is 13.3. The van der Waals surface area contributed by atoms with E-state index in [-0.39, 0.29) is 0 Å². The summed E-state index contributed by atoms with van der Waals surface area (Å²) in [6, 6.07) is 71.8. The number of ether oxygens (including phenoxy) is 2. The second-order valence-electron chi connectivity index (χ2n) is 14.7. The summed E-state index contributed by atoms with van der Waals surface area (Å²) < 4.78 is 13.8. The SMILES string of the molecule is c1ccc(-c2ccccc2N(c2ccc3c(c2)C2(c4ccccc4-c4ccccc42)c2ccccc2-3)c2sc(-c3ccccc3)c3c2Oc2ccccc2O3)cc1. The molecule has 1 aromatic heterocycles. The Morgan fingerprint density at radius 2 is 0.860 bits per heavy atom. The Labute approximate surface area is 335 Å². The Kier molecular flexibility index (Phi) is 7.01. The maximum absolute atomic E-state index is 6.95. The van der Waals surface area contributed by atoms with Crippen molar-refractivity contribution in [3.63, 3.8) is 0 Å². The zero-order valence-electron chi connectivity index (χ0n) is 30.7. The monoisotopic (exact) mass is 747 g/mol. The maximum atomic E-state index is 6.95. The van der Waals surface area contributed by atoms with E-state index in [2.05, 4.69) is 181 Å². The number of para-hydroxylation sites is 3. The first-order valence-electron chi connectivity index (χ1n) is 19.3. The van der Waals surface area contributed by atoms with Gasteiger partial charge in [-0.3, -0.25) is 4.90 Å². The molecule has 4 heteroatoms. The quantitative estimate of drug-likeness (QED) is 0.175. The van der Waals surface area contributed by atoms with Crippen LogP contribution in [0.5, 0.6) is 23.0 Å². The van der Waals surface area contributed by atoms with Gasteiger partial charge in [0.15, 0.2) is 17.2 Å². The molecule has 9 aromatic rings. The lowest BCUT2D eigenvalue weighted by Crippen LogP contribution is -2.26. The smallest absolute Gasteiger partial charge is 0.205 e. The van der Waals surface area contributed by atoms with E-state index in [0.717, 1.165) is 43.7 Å². The highest BCUT2D eigenvalue weighted by Gasteiger charge is 2.51. The molecule has 0 atom stereocenters. The first-order chi connectivity index (χ1) is 28.3. The highest BCUT2D eigenvalue weighted by atomic mass is 32.1. The van der Waals surface area contributed by atoms with Gasteiger partial charge in [-0.1, -0.05) is 170 Å². The fourth-order valence-electron chi connectivity index (χ4n) is 9.46. The average Bonchev–Trinajstić information content (AvgIpc) is 3.90. The van der Waals surface area contributed by atoms with Crippen molar-refractivity contribution in [2.75, 3.05) is 4.90 Å². The zero-order valence-corrected chi connectivity index (χ0v) is 31.5. The van der Waals surface area contributed by atoms with Crippen molar-refractivity contribution in [1.82, 2.24) is 0 Å². The Morgan fingerprint density at radius 3 is 1.47 bits per heavy atom. The Hall–Kier alpha value is -7.14. The van der Waals surface area contributed by atoms with E-state index in [1.165, 1.54) is 44.5 Å². The van der Waals surface area contributed by atoms with E-state index < -0.39 is 5.41 Å². The largest absolute Gasteiger partial charge is 0.448 e. The van der Waals surface area contributed by atoms with Gasteiger partial charge < -0.3 is 9.47 Å². The second-order valence-corrected chi connectivity index (χ2v) is 15.7. The van der Waals surface area contributed by atoms with E-state index in [0.29, 0.717) is 17.2 Å². The fourth-order valence-corrected chi connectivity index (χ4v) is 10.7. The van der Waals surface area contributed by atoms with Crippen LogP contribution in [0.2, 0.25) is 0 Å². The lowest BCUT2D eigenvalue weighted by molar-refractivity contribution is 0.364. The van der Waals surface area contributed by atoms with E-state index in [1.54, 1.807) is 11.3 Å². The Morgan fingerprint density at radius 1 is 0.386 bits per heavy atom. The molecule has 3 aliphatic rings. The summed E-state index contributed by atoms with van der Waals surface area (Å²) in [5.74, 6) is 2.84. The second kappa shape index (κ2) is 12.4. The molecule has 1 aliphatic heterocycles. The number of benzene rings is 8. The minimum absolute atomic E-state index is 0.484. The van der Waals surface area contributed by atoms with Gasteiger partial charge >= 0.3 is 0 Å². The molecule has 0 bridgehead atoms. The van der Waals surface area contributed by atoms with Crippen molar-refractivity contribution in [2.45, 2.75) is 5.41 Å². The summed E-state index contributed by atoms with van der Waals surface area (Å²) in [6.07, 6.45) is 0. The molecule has 268 valence electrons. The number of hydrogen-bond donors (Lipinski definition) is 0. The van der Waals surface area contributed by atoms with Crippen LogP contribution in [0.1, 0.15) is 22.3 Å². The van der Waals surface area contributed by atoms with Gasteiger partial charge in [-0.15, -0.1) is 11.3 Å². The molecule has 12 rings (SSSR count). The Balaban J connectivity index is 1.16. The highest BCUT2D eigenvalue weighted by Crippen LogP contribution is 2.65. The predicted octanol–water partition coefficient (Wildman–Crippen LogP) is 14.8. The van der Waals surface area contributed by atoms with Gasteiger partial charge in [0.25, 0.3) is 0 Å². The van der Waals surface area contributed by atoms with Crippen LogP contribution in [0, 0.1) is 0 Å². The van der Waals surface area contributed by atoms with E-state index in [4.69, 9.17) is 9.47 Å². The average molecular weight is 748 g/mol. The standard InChI is InChI=1S/C53H33NO2S/c1-3-17-34(18-4-1)37-21-10-14-28-46(37)54(52-50-49(51(57-52)35-19-5-2-6-20-35)55-47-29-15-16-30-48(47)56-50)36-31-32-41-40-24-9-13-27-44(40)53(45(41)33-36)42-25-11-7-22-38(42)39-23-8-12-26-43(39)53/h1-33H. The van der Waals surface area contributed by atoms with Crippen molar-refractivity contribution in [3.05, 3.63) is 222 Å². The maximum Gasteiger partial charge on any atom is 0.205 e. The predicted molar refractivity (Wildman–Crippen MR) is 233 cm³/mol. The van der Waals surface area contributed by atoms with Crippen LogP contribution in [0.4, 0.5) is 16.4 Å². The summed E-state index contributed by atoms with van der Waals surface area (Å²) in [6.45, 7) is 0. The minimum Gasteiger partial charge on any atom is -0.448 e. The molecule has 0 saturated carbocycles. The van der Waals surface area contributed by atoms with Gasteiger partial charge in [-0.25, -0.2) is 0 Å². The third-order valence-electron chi connectivity index (χ3n) is 11.8. The van der Waals surface area contributed by atoms with Crippen LogP contribution in [-0.4, -0.2) is 0 Å². The molecule has 0 radical (unpaired) electrons. The van der Waals surface area contributed by atoms with Gasteiger partial charge in [-0.2, -0.15) is 0 Å². The van der Waals surface area contributed by atoms with Gasteiger partial charge in [-0.05, 0) is 86.0 Å². The topological polar surface area (TPSA) is 21.7 Å². The minimum atomic E-state index is -0.484. The molecule has 0 saturated heterocycles. The summed E-state index contributed by atoms with van der Waals surface area (Å²) in [4.78, 5) is 3.42. The van der Waals surface area contributed by atoms with Crippen molar-refractivity contribution in [1.29, 1.82) is 0 Å². The molecule has 2 aliphatic carbocycles. The number of anilines is 3. The van der Waals surface area contributed by atoms with Crippen LogP contribution >= 0.6 is 11.3 Å². The number of rotatable bonds is 5. The third kappa shape index (κ3) is 4.59. The highest BCUT2D eigenvalue weighted by molar-refractivity contribution is 7.20.